The Labute approximate surface area is 102 Å². The lowest BCUT2D eigenvalue weighted by Crippen LogP contribution is -2.09. The zero-order chi connectivity index (χ0) is 13.2. The number of hydrogen-bond donors (Lipinski definition) is 0. The molecule has 0 atom stereocenters. The number of alkyl halides is 6. The van der Waals surface area contributed by atoms with Gasteiger partial charge in [-0.2, -0.15) is 27.1 Å². The van der Waals surface area contributed by atoms with E-state index in [1.54, 1.807) is 0 Å². The van der Waals surface area contributed by atoms with Gasteiger partial charge in [-0.05, 0) is 6.92 Å². The molecular weight excluding hydrogens is 315 g/mol. The lowest BCUT2D eigenvalue weighted by Gasteiger charge is -2.08. The van der Waals surface area contributed by atoms with Gasteiger partial charge in [0, 0.05) is 11.9 Å². The minimum absolute atomic E-state index is 0.00185. The summed E-state index contributed by atoms with van der Waals surface area (Å²) in [6.45, 7) is -1.72. The first-order valence-electron chi connectivity index (χ1n) is 4.48. The number of hydrogen-bond acceptors (Lipinski definition) is 2. The van der Waals surface area contributed by atoms with Crippen molar-refractivity contribution in [3.8, 4) is 5.88 Å². The Bertz CT molecular complexity index is 390. The smallest absolute Gasteiger partial charge is 0.417 e. The average molecular weight is 323 g/mol. The van der Waals surface area contributed by atoms with Crippen LogP contribution in [0.2, 0.25) is 0 Å². The molecule has 0 aliphatic carbocycles. The van der Waals surface area contributed by atoms with Crippen LogP contribution in [0.5, 0.6) is 5.88 Å². The highest BCUT2D eigenvalue weighted by molar-refractivity contribution is 9.08. The summed E-state index contributed by atoms with van der Waals surface area (Å²) >= 11 is 2.81. The van der Waals surface area contributed by atoms with Crippen molar-refractivity contribution in [2.45, 2.75) is 31.6 Å². The molecule has 9 heteroatoms. The summed E-state index contributed by atoms with van der Waals surface area (Å²) in [5, 5.41) is 2.95. The van der Waals surface area contributed by atoms with Crippen LogP contribution < -0.4 is 4.74 Å². The third-order valence-corrected chi connectivity index (χ3v) is 2.46. The normalized spacial score (nSPS) is 12.2. The van der Waals surface area contributed by atoms with Crippen LogP contribution in [0.25, 0.3) is 0 Å². The first-order valence-corrected chi connectivity index (χ1v) is 5.61. The number of halogens is 6. The largest absolute Gasteiger partial charge is 0.435 e. The van der Waals surface area contributed by atoms with Gasteiger partial charge in [0.1, 0.15) is 0 Å². The summed E-state index contributed by atoms with van der Waals surface area (Å²) in [5.74, 6) is -0.563. The summed E-state index contributed by atoms with van der Waals surface area (Å²) < 4.78 is 66.7. The first-order chi connectivity index (χ1) is 7.81. The molecule has 0 aliphatic rings. The highest BCUT2D eigenvalue weighted by Gasteiger charge is 2.39. The van der Waals surface area contributed by atoms with Crippen molar-refractivity contribution in [1.29, 1.82) is 0 Å². The van der Waals surface area contributed by atoms with Crippen molar-refractivity contribution >= 4 is 15.9 Å². The molecule has 1 aromatic rings. The molecule has 0 unspecified atom stereocenters. The fourth-order valence-corrected chi connectivity index (χ4v) is 1.77. The molecule has 0 saturated carbocycles. The number of aryl methyl sites for hydroxylation is 1. The topological polar surface area (TPSA) is 27.1 Å². The van der Waals surface area contributed by atoms with Crippen LogP contribution in [0.3, 0.4) is 0 Å². The highest BCUT2D eigenvalue weighted by Crippen LogP contribution is 2.37. The summed E-state index contributed by atoms with van der Waals surface area (Å²) in [4.78, 5) is 0. The summed E-state index contributed by atoms with van der Waals surface area (Å²) in [5.41, 5.74) is -1.65. The van der Waals surface area contributed by atoms with E-state index in [0.717, 1.165) is 4.68 Å². The number of rotatable bonds is 4. The first kappa shape index (κ1) is 14.2. The Hall–Kier alpha value is -0.860. The second kappa shape index (κ2) is 5.19. The quantitative estimate of drug-likeness (QED) is 0.627. The SMILES string of the molecule is CCn1nc(C(F)(F)F)c(CBr)c1OC(F)F. The molecule has 1 aromatic heterocycles. The number of nitrogens with zero attached hydrogens (tertiary/aromatic N) is 2. The minimum Gasteiger partial charge on any atom is -0.417 e. The third kappa shape index (κ3) is 3.08. The van der Waals surface area contributed by atoms with Crippen molar-refractivity contribution in [3.05, 3.63) is 11.3 Å². The maximum absolute atomic E-state index is 12.6. The van der Waals surface area contributed by atoms with E-state index in [1.165, 1.54) is 6.92 Å². The maximum Gasteiger partial charge on any atom is 0.435 e. The average Bonchev–Trinajstić information content (AvgIpc) is 2.54. The molecule has 0 spiro atoms. The van der Waals surface area contributed by atoms with Gasteiger partial charge in [0.25, 0.3) is 0 Å². The number of ether oxygens (including phenoxy) is 1. The van der Waals surface area contributed by atoms with Crippen molar-refractivity contribution in [2.24, 2.45) is 0 Å². The lowest BCUT2D eigenvalue weighted by molar-refractivity contribution is -0.142. The predicted octanol–water partition coefficient (Wildman–Crippen LogP) is 3.42. The van der Waals surface area contributed by atoms with Crippen LogP contribution in [0.1, 0.15) is 18.2 Å². The molecule has 0 saturated heterocycles. The zero-order valence-electron chi connectivity index (χ0n) is 8.56. The van der Waals surface area contributed by atoms with Crippen LogP contribution in [-0.2, 0) is 18.1 Å². The van der Waals surface area contributed by atoms with Gasteiger partial charge in [-0.15, -0.1) is 0 Å². The molecule has 0 N–H and O–H groups in total. The summed E-state index contributed by atoms with van der Waals surface area (Å²) in [7, 11) is 0. The van der Waals surface area contributed by atoms with Gasteiger partial charge in [-0.25, -0.2) is 4.68 Å². The van der Waals surface area contributed by atoms with Gasteiger partial charge in [0.05, 0.1) is 5.56 Å². The van der Waals surface area contributed by atoms with Crippen molar-refractivity contribution in [1.82, 2.24) is 9.78 Å². The molecule has 0 bridgehead atoms. The second-order valence-corrected chi connectivity index (χ2v) is 3.52. The molecule has 17 heavy (non-hydrogen) atoms. The van der Waals surface area contributed by atoms with E-state index in [1.807, 2.05) is 0 Å². The summed E-state index contributed by atoms with van der Waals surface area (Å²) in [6.07, 6.45) is -4.70. The molecule has 3 nitrogen and oxygen atoms in total. The van der Waals surface area contributed by atoms with Gasteiger partial charge >= 0.3 is 12.8 Å². The Kier molecular flexibility index (Phi) is 4.34. The van der Waals surface area contributed by atoms with Crippen LogP contribution in [0.15, 0.2) is 0 Å². The van der Waals surface area contributed by atoms with Crippen LogP contribution in [0, 0.1) is 0 Å². The van der Waals surface area contributed by atoms with Gasteiger partial charge in [0.2, 0.25) is 5.88 Å². The lowest BCUT2D eigenvalue weighted by atomic mass is 10.2. The molecule has 1 heterocycles. The molecule has 0 amide bonds. The monoisotopic (exact) mass is 322 g/mol. The molecule has 1 rings (SSSR count). The van der Waals surface area contributed by atoms with Gasteiger partial charge in [-0.3, -0.25) is 0 Å². The van der Waals surface area contributed by atoms with E-state index in [0.29, 0.717) is 0 Å². The molecule has 0 aromatic carbocycles. The van der Waals surface area contributed by atoms with E-state index in [9.17, 15) is 22.0 Å². The van der Waals surface area contributed by atoms with Crippen LogP contribution >= 0.6 is 15.9 Å². The van der Waals surface area contributed by atoms with E-state index >= 15 is 0 Å². The van der Waals surface area contributed by atoms with E-state index in [4.69, 9.17) is 0 Å². The molecule has 98 valence electrons. The fraction of sp³-hybridized carbons (Fsp3) is 0.625. The Balaban J connectivity index is 3.30. The van der Waals surface area contributed by atoms with Crippen molar-refractivity contribution < 1.29 is 26.7 Å². The van der Waals surface area contributed by atoms with Gasteiger partial charge in [0.15, 0.2) is 5.69 Å². The van der Waals surface area contributed by atoms with E-state index in [2.05, 4.69) is 25.8 Å². The molecular formula is C8H8BrF5N2O. The predicted molar refractivity (Wildman–Crippen MR) is 52.2 cm³/mol. The maximum atomic E-state index is 12.6. The second-order valence-electron chi connectivity index (χ2n) is 2.96. The Morgan fingerprint density at radius 3 is 2.35 bits per heavy atom. The summed E-state index contributed by atoms with van der Waals surface area (Å²) in [6, 6.07) is 0. The van der Waals surface area contributed by atoms with E-state index in [-0.39, 0.29) is 11.9 Å². The molecule has 0 radical (unpaired) electrons. The third-order valence-electron chi connectivity index (χ3n) is 1.90. The van der Waals surface area contributed by atoms with Crippen molar-refractivity contribution in [2.75, 3.05) is 0 Å². The fourth-order valence-electron chi connectivity index (χ4n) is 1.26. The highest BCUT2D eigenvalue weighted by atomic mass is 79.9. The zero-order valence-corrected chi connectivity index (χ0v) is 10.1. The minimum atomic E-state index is -4.70. The van der Waals surface area contributed by atoms with E-state index < -0.39 is 29.9 Å². The van der Waals surface area contributed by atoms with Crippen molar-refractivity contribution in [3.63, 3.8) is 0 Å². The van der Waals surface area contributed by atoms with Gasteiger partial charge in [-0.1, -0.05) is 15.9 Å². The van der Waals surface area contributed by atoms with Crippen LogP contribution in [0.4, 0.5) is 22.0 Å². The Morgan fingerprint density at radius 1 is 1.41 bits per heavy atom. The Morgan fingerprint density at radius 2 is 2.00 bits per heavy atom. The number of aromatic nitrogens is 2. The standard InChI is InChI=1S/C8H8BrF5N2O/c1-2-16-6(17-7(10)11)4(3-9)5(15-16)8(12,13)14/h7H,2-3H2,1H3. The molecule has 0 fully saturated rings. The van der Waals surface area contributed by atoms with Crippen LogP contribution in [-0.4, -0.2) is 16.4 Å². The van der Waals surface area contributed by atoms with Gasteiger partial charge < -0.3 is 4.74 Å². The molecule has 0 aliphatic heterocycles.